The normalized spacial score (nSPS) is 12.8. The van der Waals surface area contributed by atoms with Gasteiger partial charge in [0.1, 0.15) is 5.10 Å². The summed E-state index contributed by atoms with van der Waals surface area (Å²) < 4.78 is 31.7. The van der Waals surface area contributed by atoms with E-state index in [0.717, 1.165) is 19.4 Å². The Morgan fingerprint density at radius 1 is 1.38 bits per heavy atom. The lowest BCUT2D eigenvalue weighted by Crippen LogP contribution is -2.37. The molecule has 0 heterocycles. The van der Waals surface area contributed by atoms with Crippen LogP contribution in [0.25, 0.3) is 0 Å². The summed E-state index contributed by atoms with van der Waals surface area (Å²) in [4.78, 5) is 18.9. The third-order valence-electron chi connectivity index (χ3n) is 2.22. The van der Waals surface area contributed by atoms with Gasteiger partial charge in [0.25, 0.3) is 5.96 Å². The number of alkyl halides is 3. The minimum atomic E-state index is -5.08. The van der Waals surface area contributed by atoms with E-state index in [1.165, 1.54) is 0 Å². The van der Waals surface area contributed by atoms with Gasteiger partial charge in [0.15, 0.2) is 5.03 Å². The van der Waals surface area contributed by atoms with Crippen molar-refractivity contribution in [1.82, 2.24) is 10.6 Å². The first-order chi connectivity index (χ1) is 11.0. The Labute approximate surface area is 135 Å². The molecule has 0 saturated carbocycles. The van der Waals surface area contributed by atoms with Gasteiger partial charge in [-0.3, -0.25) is 0 Å². The topological polar surface area (TPSA) is 195 Å². The molecule has 0 amide bonds. The average molecular weight is 361 g/mol. The SMILES string of the molecule is NCCNC[C@@H](N)CCCN/C(N)=N\[N+](=O)[O-].O=C(O)C(F)(F)F. The molecule has 0 bridgehead atoms. The van der Waals surface area contributed by atoms with Crippen molar-refractivity contribution < 1.29 is 28.1 Å². The van der Waals surface area contributed by atoms with Gasteiger partial charge in [-0.15, -0.1) is 0 Å². The maximum atomic E-state index is 10.6. The maximum Gasteiger partial charge on any atom is 0.490 e. The lowest BCUT2D eigenvalue weighted by Gasteiger charge is -2.12. The van der Waals surface area contributed by atoms with Gasteiger partial charge in [-0.1, -0.05) is 0 Å². The summed E-state index contributed by atoms with van der Waals surface area (Å²) in [6, 6.07) is 0.0389. The van der Waals surface area contributed by atoms with Crippen molar-refractivity contribution in [2.24, 2.45) is 22.3 Å². The van der Waals surface area contributed by atoms with E-state index >= 15 is 0 Å². The molecule has 142 valence electrons. The molecule has 0 aliphatic rings. The molecule has 24 heavy (non-hydrogen) atoms. The number of nitrogens with two attached hydrogens (primary N) is 3. The number of hydrogen-bond donors (Lipinski definition) is 6. The van der Waals surface area contributed by atoms with Crippen LogP contribution in [-0.4, -0.2) is 60.5 Å². The summed E-state index contributed by atoms with van der Waals surface area (Å²) >= 11 is 0. The molecule has 0 saturated heterocycles. The Morgan fingerprint density at radius 3 is 2.33 bits per heavy atom. The second-order valence-electron chi connectivity index (χ2n) is 4.35. The number of nitrogens with one attached hydrogen (secondary N) is 2. The number of rotatable bonds is 9. The van der Waals surface area contributed by atoms with Crippen LogP contribution in [0.3, 0.4) is 0 Å². The van der Waals surface area contributed by atoms with E-state index in [0.29, 0.717) is 19.6 Å². The van der Waals surface area contributed by atoms with Crippen molar-refractivity contribution in [3.8, 4) is 0 Å². The molecule has 0 fully saturated rings. The first-order valence-corrected chi connectivity index (χ1v) is 6.69. The molecular weight excluding hydrogens is 339 g/mol. The van der Waals surface area contributed by atoms with Crippen molar-refractivity contribution in [3.05, 3.63) is 10.1 Å². The molecule has 0 aromatic rings. The van der Waals surface area contributed by atoms with Gasteiger partial charge in [-0.05, 0) is 12.8 Å². The van der Waals surface area contributed by atoms with Gasteiger partial charge >= 0.3 is 12.1 Å². The van der Waals surface area contributed by atoms with Crippen LogP contribution in [0.4, 0.5) is 13.2 Å². The Kier molecular flexibility index (Phi) is 13.3. The Morgan fingerprint density at radius 2 is 1.92 bits per heavy atom. The van der Waals surface area contributed by atoms with Crippen LogP contribution >= 0.6 is 0 Å². The molecule has 0 unspecified atom stereocenters. The fourth-order valence-corrected chi connectivity index (χ4v) is 1.20. The summed E-state index contributed by atoms with van der Waals surface area (Å²) in [6.07, 6.45) is -3.53. The Bertz CT molecular complexity index is 406. The maximum absolute atomic E-state index is 10.6. The monoisotopic (exact) mass is 361 g/mol. The molecule has 0 rings (SSSR count). The van der Waals surface area contributed by atoms with Crippen molar-refractivity contribution in [1.29, 1.82) is 0 Å². The van der Waals surface area contributed by atoms with Crippen molar-refractivity contribution in [3.63, 3.8) is 0 Å². The number of carboxylic acids is 1. The number of hydrogen-bond acceptors (Lipinski definition) is 6. The zero-order valence-electron chi connectivity index (χ0n) is 12.8. The van der Waals surface area contributed by atoms with E-state index in [9.17, 15) is 23.3 Å². The minimum Gasteiger partial charge on any atom is -0.475 e. The number of carboxylic acid groups (broad SMARTS) is 1. The summed E-state index contributed by atoms with van der Waals surface area (Å²) in [6.45, 7) is 2.54. The molecule has 0 spiro atoms. The third kappa shape index (κ3) is 17.9. The molecule has 1 atom stereocenters. The molecule has 0 aromatic carbocycles. The minimum absolute atomic E-state index is 0.0389. The molecule has 14 heteroatoms. The summed E-state index contributed by atoms with van der Waals surface area (Å²) in [5.41, 5.74) is 16.4. The number of guanidine groups is 1. The summed E-state index contributed by atoms with van der Waals surface area (Å²) in [5.74, 6) is -2.95. The molecule has 0 radical (unpaired) electrons. The highest BCUT2D eigenvalue weighted by atomic mass is 19.4. The van der Waals surface area contributed by atoms with E-state index in [4.69, 9.17) is 27.1 Å². The zero-order chi connectivity index (χ0) is 19.2. The smallest absolute Gasteiger partial charge is 0.475 e. The van der Waals surface area contributed by atoms with Crippen LogP contribution in [0.2, 0.25) is 0 Å². The molecular formula is C10H22F3N7O4. The van der Waals surface area contributed by atoms with Crippen LogP contribution in [0, 0.1) is 10.1 Å². The number of halogens is 3. The number of carbonyl (C=O) groups is 1. The van der Waals surface area contributed by atoms with Crippen LogP contribution < -0.4 is 27.8 Å². The van der Waals surface area contributed by atoms with Crippen LogP contribution in [0.5, 0.6) is 0 Å². The van der Waals surface area contributed by atoms with E-state index in [2.05, 4.69) is 15.7 Å². The van der Waals surface area contributed by atoms with E-state index in [1.54, 1.807) is 0 Å². The van der Waals surface area contributed by atoms with Gasteiger partial charge in [-0.2, -0.15) is 13.2 Å². The molecule has 9 N–H and O–H groups in total. The number of nitrogens with zero attached hydrogens (tertiary/aromatic N) is 2. The predicted molar refractivity (Wildman–Crippen MR) is 79.4 cm³/mol. The Hall–Kier alpha value is -2.19. The van der Waals surface area contributed by atoms with Crippen molar-refractivity contribution >= 4 is 11.9 Å². The van der Waals surface area contributed by atoms with Crippen LogP contribution in [-0.2, 0) is 4.79 Å². The van der Waals surface area contributed by atoms with E-state index < -0.39 is 17.2 Å². The number of hydrazone groups is 1. The van der Waals surface area contributed by atoms with Gasteiger partial charge in [-0.25, -0.2) is 14.9 Å². The highest BCUT2D eigenvalue weighted by molar-refractivity contribution is 5.76. The molecule has 0 aliphatic heterocycles. The molecule has 0 aliphatic carbocycles. The first kappa shape index (κ1) is 24.1. The number of nitro groups is 1. The number of aliphatic carboxylic acids is 1. The second-order valence-corrected chi connectivity index (χ2v) is 4.35. The van der Waals surface area contributed by atoms with Gasteiger partial charge in [0.2, 0.25) is 0 Å². The van der Waals surface area contributed by atoms with E-state index in [1.807, 2.05) is 0 Å². The van der Waals surface area contributed by atoms with Crippen LogP contribution in [0.15, 0.2) is 5.10 Å². The highest BCUT2D eigenvalue weighted by Gasteiger charge is 2.38. The first-order valence-electron chi connectivity index (χ1n) is 6.69. The summed E-state index contributed by atoms with van der Waals surface area (Å²) in [7, 11) is 0. The van der Waals surface area contributed by atoms with E-state index in [-0.39, 0.29) is 12.0 Å². The average Bonchev–Trinajstić information content (AvgIpc) is 2.43. The molecule has 11 nitrogen and oxygen atoms in total. The standard InChI is InChI=1S/C8H21N7O2.C2HF3O2/c9-3-5-12-6-7(10)2-1-4-13-8(11)14-15(16)17;3-2(4,5)1(6)7/h7,12H,1-6,9-10H2,(H3,11,13,14);(H,6,7)/t7-;/m0./s1. The zero-order valence-corrected chi connectivity index (χ0v) is 12.8. The lowest BCUT2D eigenvalue weighted by molar-refractivity contribution is -0.485. The predicted octanol–water partition coefficient (Wildman–Crippen LogP) is -1.63. The van der Waals surface area contributed by atoms with Crippen molar-refractivity contribution in [2.45, 2.75) is 25.1 Å². The van der Waals surface area contributed by atoms with Gasteiger partial charge < -0.3 is 32.9 Å². The Balaban J connectivity index is 0. The highest BCUT2D eigenvalue weighted by Crippen LogP contribution is 2.13. The lowest BCUT2D eigenvalue weighted by atomic mass is 10.1. The fourth-order valence-electron chi connectivity index (χ4n) is 1.20. The second kappa shape index (κ2) is 13.3. The van der Waals surface area contributed by atoms with Crippen LogP contribution in [0.1, 0.15) is 12.8 Å². The quantitative estimate of drug-likeness (QED) is 0.0918. The fraction of sp³-hybridized carbons (Fsp3) is 0.800. The largest absolute Gasteiger partial charge is 0.490 e. The van der Waals surface area contributed by atoms with Crippen molar-refractivity contribution in [2.75, 3.05) is 26.2 Å². The van der Waals surface area contributed by atoms with Gasteiger partial charge in [0.05, 0.1) is 0 Å². The van der Waals surface area contributed by atoms with Gasteiger partial charge in [0, 0.05) is 32.2 Å². The summed E-state index contributed by atoms with van der Waals surface area (Å²) in [5, 5.41) is 24.9. The molecule has 0 aromatic heterocycles. The third-order valence-corrected chi connectivity index (χ3v) is 2.22.